The van der Waals surface area contributed by atoms with E-state index in [1.165, 1.54) is 12.1 Å². The first kappa shape index (κ1) is 9.85. The highest BCUT2D eigenvalue weighted by atomic mass is 32.1. The zero-order valence-electron chi connectivity index (χ0n) is 7.06. The Bertz CT molecular complexity index is 327. The van der Waals surface area contributed by atoms with Gasteiger partial charge in [0.05, 0.1) is 6.61 Å². The van der Waals surface area contributed by atoms with Gasteiger partial charge in [0, 0.05) is 6.07 Å². The maximum Gasteiger partial charge on any atom is 0.344 e. The Hall–Kier alpha value is -1.23. The summed E-state index contributed by atoms with van der Waals surface area (Å²) >= 11 is 3.86. The van der Waals surface area contributed by atoms with Gasteiger partial charge in [-0.15, -0.1) is 0 Å². The highest BCUT2D eigenvalue weighted by Crippen LogP contribution is 2.03. The Kier molecular flexibility index (Phi) is 3.13. The molecule has 70 valence electrons. The molecule has 1 heterocycles. The van der Waals surface area contributed by atoms with Crippen LogP contribution in [0.1, 0.15) is 17.3 Å². The lowest BCUT2D eigenvalue weighted by atomic mass is 10.3. The number of ether oxygens (including phenoxy) is 1. The lowest BCUT2D eigenvalue weighted by Gasteiger charge is -2.02. The number of esters is 1. The minimum absolute atomic E-state index is 0.231. The van der Waals surface area contributed by atoms with E-state index in [1.54, 1.807) is 6.92 Å². The van der Waals surface area contributed by atoms with Crippen LogP contribution in [0.3, 0.4) is 0 Å². The summed E-state index contributed by atoms with van der Waals surface area (Å²) in [5.74, 6) is -0.500. The van der Waals surface area contributed by atoms with Crippen molar-refractivity contribution < 1.29 is 14.3 Å². The monoisotopic (exact) mass is 199 g/mol. The molecule has 0 fully saturated rings. The van der Waals surface area contributed by atoms with Gasteiger partial charge in [0.25, 0.3) is 0 Å². The summed E-state index contributed by atoms with van der Waals surface area (Å²) in [5.41, 5.74) is 0.231. The van der Waals surface area contributed by atoms with Crippen LogP contribution in [0.15, 0.2) is 23.4 Å². The molecule has 0 bridgehead atoms. The van der Waals surface area contributed by atoms with Crippen molar-refractivity contribution in [3.63, 3.8) is 0 Å². The van der Waals surface area contributed by atoms with Crippen molar-refractivity contribution in [2.45, 2.75) is 11.9 Å². The summed E-state index contributed by atoms with van der Waals surface area (Å²) in [7, 11) is 0. The number of aromatic nitrogens is 1. The lowest BCUT2D eigenvalue weighted by molar-refractivity contribution is -0.645. The van der Waals surface area contributed by atoms with Gasteiger partial charge in [-0.2, -0.15) is 4.73 Å². The van der Waals surface area contributed by atoms with Gasteiger partial charge in [0.1, 0.15) is 5.56 Å². The number of thiol groups is 1. The maximum atomic E-state index is 11.1. The Morgan fingerprint density at radius 2 is 2.38 bits per heavy atom. The van der Waals surface area contributed by atoms with E-state index in [0.717, 1.165) is 6.20 Å². The second-order valence-electron chi connectivity index (χ2n) is 2.32. The topological polar surface area (TPSA) is 53.2 Å². The van der Waals surface area contributed by atoms with E-state index in [4.69, 9.17) is 4.74 Å². The summed E-state index contributed by atoms with van der Waals surface area (Å²) in [6.45, 7) is 2.00. The number of rotatable bonds is 2. The first-order valence-electron chi connectivity index (χ1n) is 3.74. The Balaban J connectivity index is 2.90. The summed E-state index contributed by atoms with van der Waals surface area (Å²) in [5, 5.41) is 11.2. The van der Waals surface area contributed by atoms with Gasteiger partial charge in [-0.1, -0.05) is 12.6 Å². The molecule has 1 rings (SSSR count). The lowest BCUT2D eigenvalue weighted by Crippen LogP contribution is -2.29. The fourth-order valence-electron chi connectivity index (χ4n) is 0.808. The average molecular weight is 199 g/mol. The molecule has 0 aliphatic heterocycles. The van der Waals surface area contributed by atoms with Crippen molar-refractivity contribution in [1.82, 2.24) is 0 Å². The zero-order chi connectivity index (χ0) is 9.84. The molecule has 0 atom stereocenters. The quantitative estimate of drug-likeness (QED) is 0.331. The van der Waals surface area contributed by atoms with E-state index >= 15 is 0 Å². The average Bonchev–Trinajstić information content (AvgIpc) is 2.10. The van der Waals surface area contributed by atoms with Gasteiger partial charge < -0.3 is 9.94 Å². The molecular weight excluding hydrogens is 190 g/mol. The van der Waals surface area contributed by atoms with Gasteiger partial charge in [0.2, 0.25) is 5.03 Å². The van der Waals surface area contributed by atoms with Crippen LogP contribution in [-0.4, -0.2) is 12.6 Å². The minimum atomic E-state index is -0.500. The maximum absolute atomic E-state index is 11.1. The van der Waals surface area contributed by atoms with Crippen molar-refractivity contribution >= 4 is 18.6 Å². The van der Waals surface area contributed by atoms with E-state index < -0.39 is 5.97 Å². The van der Waals surface area contributed by atoms with Crippen molar-refractivity contribution in [2.75, 3.05) is 6.61 Å². The molecule has 0 unspecified atom stereocenters. The predicted octanol–water partition coefficient (Wildman–Crippen LogP) is 0.785. The molecule has 1 aromatic heterocycles. The molecule has 4 nitrogen and oxygen atoms in total. The van der Waals surface area contributed by atoms with Crippen LogP contribution >= 0.6 is 12.6 Å². The number of nitrogens with zero attached hydrogens (tertiary/aromatic N) is 1. The standard InChI is InChI=1S/C8H9NO3S/c1-2-12-8(10)6-3-4-7(13)9(11)5-6/h3-5,13H,2H2,1H3. The van der Waals surface area contributed by atoms with Gasteiger partial charge in [-0.05, 0) is 13.0 Å². The minimum Gasteiger partial charge on any atom is -0.618 e. The smallest absolute Gasteiger partial charge is 0.344 e. The van der Waals surface area contributed by atoms with Crippen LogP contribution in [0.2, 0.25) is 0 Å². The Morgan fingerprint density at radius 1 is 1.69 bits per heavy atom. The fraction of sp³-hybridized carbons (Fsp3) is 0.250. The summed E-state index contributed by atoms with van der Waals surface area (Å²) in [6.07, 6.45) is 1.14. The molecule has 0 radical (unpaired) electrons. The van der Waals surface area contributed by atoms with E-state index in [1.807, 2.05) is 0 Å². The van der Waals surface area contributed by atoms with Gasteiger partial charge in [-0.25, -0.2) is 4.79 Å². The van der Waals surface area contributed by atoms with Crippen LogP contribution in [0.25, 0.3) is 0 Å². The van der Waals surface area contributed by atoms with Crippen LogP contribution in [-0.2, 0) is 4.74 Å². The highest BCUT2D eigenvalue weighted by molar-refractivity contribution is 7.80. The second-order valence-corrected chi connectivity index (χ2v) is 2.78. The van der Waals surface area contributed by atoms with Crippen molar-refractivity contribution in [2.24, 2.45) is 0 Å². The molecule has 0 aliphatic carbocycles. The first-order valence-corrected chi connectivity index (χ1v) is 4.19. The predicted molar refractivity (Wildman–Crippen MR) is 48.6 cm³/mol. The Labute approximate surface area is 81.1 Å². The molecule has 0 aromatic carbocycles. The summed E-state index contributed by atoms with van der Waals surface area (Å²) in [6, 6.07) is 2.94. The fourth-order valence-corrected chi connectivity index (χ4v) is 0.941. The number of hydrogen-bond acceptors (Lipinski definition) is 4. The molecule has 1 aromatic rings. The molecule has 0 amide bonds. The summed E-state index contributed by atoms with van der Waals surface area (Å²) in [4.78, 5) is 11.1. The third-order valence-corrected chi connectivity index (χ3v) is 1.75. The molecule has 0 aliphatic rings. The van der Waals surface area contributed by atoms with Gasteiger partial charge in [-0.3, -0.25) is 0 Å². The summed E-state index contributed by atoms with van der Waals surface area (Å²) < 4.78 is 5.22. The molecule has 0 saturated carbocycles. The van der Waals surface area contributed by atoms with E-state index in [-0.39, 0.29) is 10.6 Å². The Morgan fingerprint density at radius 3 is 2.92 bits per heavy atom. The normalized spacial score (nSPS) is 9.69. The van der Waals surface area contributed by atoms with Crippen LogP contribution in [0.5, 0.6) is 0 Å². The van der Waals surface area contributed by atoms with Crippen molar-refractivity contribution in [1.29, 1.82) is 0 Å². The van der Waals surface area contributed by atoms with Crippen molar-refractivity contribution in [3.05, 3.63) is 29.1 Å². The van der Waals surface area contributed by atoms with E-state index in [9.17, 15) is 10.0 Å². The van der Waals surface area contributed by atoms with E-state index in [2.05, 4.69) is 12.6 Å². The molecule has 0 N–H and O–H groups in total. The number of pyridine rings is 1. The molecule has 0 spiro atoms. The highest BCUT2D eigenvalue weighted by Gasteiger charge is 2.10. The van der Waals surface area contributed by atoms with Crippen LogP contribution in [0, 0.1) is 5.21 Å². The third-order valence-electron chi connectivity index (χ3n) is 1.41. The largest absolute Gasteiger partial charge is 0.618 e. The number of carbonyl (C=O) groups is 1. The van der Waals surface area contributed by atoms with Gasteiger partial charge >= 0.3 is 5.97 Å². The van der Waals surface area contributed by atoms with E-state index in [0.29, 0.717) is 11.3 Å². The van der Waals surface area contributed by atoms with Gasteiger partial charge in [0.15, 0.2) is 6.20 Å². The third kappa shape index (κ3) is 2.35. The van der Waals surface area contributed by atoms with Crippen LogP contribution in [0.4, 0.5) is 0 Å². The first-order chi connectivity index (χ1) is 6.15. The SMILES string of the molecule is CCOC(=O)c1ccc(S)[n+]([O-])c1. The second kappa shape index (κ2) is 4.13. The molecular formula is C8H9NO3S. The zero-order valence-corrected chi connectivity index (χ0v) is 7.95. The van der Waals surface area contributed by atoms with Crippen molar-refractivity contribution in [3.8, 4) is 0 Å². The van der Waals surface area contributed by atoms with Crippen LogP contribution < -0.4 is 4.73 Å². The number of hydrogen-bond donors (Lipinski definition) is 1. The molecule has 0 saturated heterocycles. The molecule has 13 heavy (non-hydrogen) atoms. The number of carbonyl (C=O) groups excluding carboxylic acids is 1. The molecule has 5 heteroatoms.